The Labute approximate surface area is 144 Å². The van der Waals surface area contributed by atoms with Crippen LogP contribution in [-0.4, -0.2) is 22.4 Å². The number of ether oxygens (including phenoxy) is 1. The number of esters is 1. The van der Waals surface area contributed by atoms with Crippen LogP contribution in [0.25, 0.3) is 0 Å². The molecule has 0 saturated carbocycles. The summed E-state index contributed by atoms with van der Waals surface area (Å²) >= 11 is 0. The van der Waals surface area contributed by atoms with E-state index in [0.717, 1.165) is 37.5 Å². The molecule has 0 saturated heterocycles. The first-order chi connectivity index (χ1) is 12.0. The summed E-state index contributed by atoms with van der Waals surface area (Å²) in [6, 6.07) is 2.80. The zero-order valence-electron chi connectivity index (χ0n) is 13.8. The van der Waals surface area contributed by atoms with E-state index in [1.165, 1.54) is 24.8 Å². The third-order valence-electron chi connectivity index (χ3n) is 4.10. The van der Waals surface area contributed by atoms with Gasteiger partial charge in [-0.2, -0.15) is 0 Å². The molecule has 0 N–H and O–H groups in total. The van der Waals surface area contributed by atoms with Gasteiger partial charge in [0, 0.05) is 18.6 Å². The summed E-state index contributed by atoms with van der Waals surface area (Å²) in [6.07, 6.45) is 9.55. The molecule has 0 spiro atoms. The van der Waals surface area contributed by atoms with Crippen molar-refractivity contribution in [1.29, 1.82) is 0 Å². The van der Waals surface area contributed by atoms with Gasteiger partial charge in [-0.3, -0.25) is 20.2 Å². The van der Waals surface area contributed by atoms with Crippen molar-refractivity contribution in [3.63, 3.8) is 0 Å². The maximum absolute atomic E-state index is 12.1. The molecule has 1 aromatic carbocycles. The Kier molecular flexibility index (Phi) is 6.62. The molecule has 8 heteroatoms. The van der Waals surface area contributed by atoms with Crippen molar-refractivity contribution >= 4 is 17.3 Å². The van der Waals surface area contributed by atoms with Crippen LogP contribution in [0, 0.1) is 20.2 Å². The van der Waals surface area contributed by atoms with Gasteiger partial charge in [-0.1, -0.05) is 24.5 Å². The van der Waals surface area contributed by atoms with Gasteiger partial charge < -0.3 is 4.74 Å². The number of benzene rings is 1. The van der Waals surface area contributed by atoms with Crippen LogP contribution in [0.5, 0.6) is 0 Å². The highest BCUT2D eigenvalue weighted by Gasteiger charge is 2.20. The molecule has 0 aromatic heterocycles. The van der Waals surface area contributed by atoms with Gasteiger partial charge in [-0.05, 0) is 25.7 Å². The van der Waals surface area contributed by atoms with Crippen molar-refractivity contribution in [2.45, 2.75) is 44.9 Å². The molecular formula is C17H20N2O6. The van der Waals surface area contributed by atoms with Gasteiger partial charge in [0.15, 0.2) is 0 Å². The van der Waals surface area contributed by atoms with Gasteiger partial charge >= 0.3 is 5.97 Å². The Morgan fingerprint density at radius 1 is 1.00 bits per heavy atom. The average Bonchev–Trinajstić information content (AvgIpc) is 2.55. The van der Waals surface area contributed by atoms with Gasteiger partial charge in [0.1, 0.15) is 0 Å². The molecule has 0 atom stereocenters. The van der Waals surface area contributed by atoms with Gasteiger partial charge in [-0.15, -0.1) is 0 Å². The number of nitrogens with zero attached hydrogens (tertiary/aromatic N) is 2. The lowest BCUT2D eigenvalue weighted by Gasteiger charge is -2.11. The van der Waals surface area contributed by atoms with Crippen LogP contribution < -0.4 is 0 Å². The molecule has 8 nitrogen and oxygen atoms in total. The third-order valence-corrected chi connectivity index (χ3v) is 4.10. The van der Waals surface area contributed by atoms with Gasteiger partial charge in [0.05, 0.1) is 28.1 Å². The molecule has 1 aliphatic rings. The van der Waals surface area contributed by atoms with E-state index in [1.807, 2.05) is 0 Å². The fourth-order valence-electron chi connectivity index (χ4n) is 2.77. The first kappa shape index (κ1) is 18.6. The summed E-state index contributed by atoms with van der Waals surface area (Å²) in [5.74, 6) is -0.793. The van der Waals surface area contributed by atoms with Crippen molar-refractivity contribution in [2.24, 2.45) is 0 Å². The molecular weight excluding hydrogens is 328 g/mol. The largest absolute Gasteiger partial charge is 0.462 e. The molecule has 0 bridgehead atoms. The predicted molar refractivity (Wildman–Crippen MR) is 90.4 cm³/mol. The maximum Gasteiger partial charge on any atom is 0.338 e. The molecule has 0 fully saturated rings. The Bertz CT molecular complexity index is 666. The lowest BCUT2D eigenvalue weighted by atomic mass is 9.98. The molecule has 0 aliphatic heterocycles. The zero-order chi connectivity index (χ0) is 18.2. The van der Waals surface area contributed by atoms with Gasteiger partial charge in [-0.25, -0.2) is 4.79 Å². The highest BCUT2D eigenvalue weighted by Crippen LogP contribution is 2.24. The molecule has 25 heavy (non-hydrogen) atoms. The van der Waals surface area contributed by atoms with Crippen LogP contribution in [0.1, 0.15) is 55.3 Å². The van der Waals surface area contributed by atoms with Crippen molar-refractivity contribution in [3.8, 4) is 0 Å². The second-order valence-corrected chi connectivity index (χ2v) is 5.95. The highest BCUT2D eigenvalue weighted by molar-refractivity contribution is 5.91. The van der Waals surface area contributed by atoms with E-state index in [2.05, 4.69) is 6.08 Å². The number of hydrogen-bond acceptors (Lipinski definition) is 6. The summed E-state index contributed by atoms with van der Waals surface area (Å²) in [5.41, 5.74) is 0.0396. The zero-order valence-corrected chi connectivity index (χ0v) is 13.8. The monoisotopic (exact) mass is 348 g/mol. The van der Waals surface area contributed by atoms with Crippen molar-refractivity contribution in [3.05, 3.63) is 55.6 Å². The Morgan fingerprint density at radius 3 is 2.28 bits per heavy atom. The summed E-state index contributed by atoms with van der Waals surface area (Å²) in [6.45, 7) is 0.154. The Hall–Kier alpha value is -2.77. The fourth-order valence-corrected chi connectivity index (χ4v) is 2.77. The van der Waals surface area contributed by atoms with E-state index in [1.54, 1.807) is 0 Å². The normalized spacial score (nSPS) is 16.9. The minimum atomic E-state index is -0.793. The third kappa shape index (κ3) is 5.66. The lowest BCUT2D eigenvalue weighted by molar-refractivity contribution is -0.394. The summed E-state index contributed by atoms with van der Waals surface area (Å²) in [4.78, 5) is 32.2. The molecule has 134 valence electrons. The van der Waals surface area contributed by atoms with E-state index < -0.39 is 27.2 Å². The smallest absolute Gasteiger partial charge is 0.338 e. The average molecular weight is 348 g/mol. The van der Waals surface area contributed by atoms with E-state index in [-0.39, 0.29) is 12.2 Å². The van der Waals surface area contributed by atoms with Gasteiger partial charge in [0.2, 0.25) is 0 Å². The summed E-state index contributed by atoms with van der Waals surface area (Å²) in [5, 5.41) is 21.7. The summed E-state index contributed by atoms with van der Waals surface area (Å²) < 4.78 is 5.15. The maximum atomic E-state index is 12.1. The number of nitro groups is 2. The fraction of sp³-hybridized carbons (Fsp3) is 0.471. The Morgan fingerprint density at radius 2 is 1.64 bits per heavy atom. The SMILES string of the molecule is O=C(OCC/C1=C/CCCCCC1)c1cc([N+](=O)[O-])cc([N+](=O)[O-])c1. The van der Waals surface area contributed by atoms with Crippen LogP contribution in [0.4, 0.5) is 11.4 Å². The number of nitro benzene ring substituents is 2. The number of rotatable bonds is 6. The van der Waals surface area contributed by atoms with Gasteiger partial charge in [0.25, 0.3) is 11.4 Å². The number of carbonyl (C=O) groups is 1. The van der Waals surface area contributed by atoms with Crippen molar-refractivity contribution in [2.75, 3.05) is 6.61 Å². The van der Waals surface area contributed by atoms with E-state index in [9.17, 15) is 25.0 Å². The molecule has 0 radical (unpaired) electrons. The predicted octanol–water partition coefficient (Wildman–Crippen LogP) is 4.33. The van der Waals surface area contributed by atoms with Crippen molar-refractivity contribution in [1.82, 2.24) is 0 Å². The first-order valence-electron chi connectivity index (χ1n) is 8.26. The van der Waals surface area contributed by atoms with Crippen LogP contribution in [-0.2, 0) is 4.74 Å². The molecule has 1 aromatic rings. The van der Waals surface area contributed by atoms with E-state index in [0.29, 0.717) is 6.42 Å². The minimum absolute atomic E-state index is 0.154. The standard InChI is InChI=1S/C17H20N2O6/c20-17(25-9-8-13-6-4-2-1-3-5-7-13)14-10-15(18(21)22)12-16(11-14)19(23)24/h6,10-12H,1-5,7-9H2/b13-6+. The number of non-ortho nitro benzene ring substituents is 2. The van der Waals surface area contributed by atoms with E-state index >= 15 is 0 Å². The molecule has 1 aliphatic carbocycles. The summed E-state index contributed by atoms with van der Waals surface area (Å²) in [7, 11) is 0. The molecule has 0 amide bonds. The van der Waals surface area contributed by atoms with E-state index in [4.69, 9.17) is 4.74 Å². The second-order valence-electron chi connectivity index (χ2n) is 5.95. The molecule has 2 rings (SSSR count). The lowest BCUT2D eigenvalue weighted by Crippen LogP contribution is -2.08. The van der Waals surface area contributed by atoms with Crippen LogP contribution in [0.3, 0.4) is 0 Å². The number of allylic oxidation sites excluding steroid dienone is 1. The molecule has 0 unspecified atom stereocenters. The van der Waals surface area contributed by atoms with Crippen LogP contribution >= 0.6 is 0 Å². The number of carbonyl (C=O) groups excluding carboxylic acids is 1. The van der Waals surface area contributed by atoms with Crippen molar-refractivity contribution < 1.29 is 19.4 Å². The first-order valence-corrected chi connectivity index (χ1v) is 8.26. The minimum Gasteiger partial charge on any atom is -0.462 e. The van der Waals surface area contributed by atoms with Crippen LogP contribution in [0.2, 0.25) is 0 Å². The number of hydrogen-bond donors (Lipinski definition) is 0. The molecule has 0 heterocycles. The van der Waals surface area contributed by atoms with Crippen LogP contribution in [0.15, 0.2) is 29.8 Å². The quantitative estimate of drug-likeness (QED) is 0.327. The highest BCUT2D eigenvalue weighted by atomic mass is 16.6. The topological polar surface area (TPSA) is 113 Å². The second kappa shape index (κ2) is 8.91. The Balaban J connectivity index is 2.00.